The molecule has 2 atom stereocenters. The van der Waals surface area contributed by atoms with Crippen LogP contribution in [-0.4, -0.2) is 17.0 Å². The highest BCUT2D eigenvalue weighted by Crippen LogP contribution is 2.34. The first kappa shape index (κ1) is 14.8. The van der Waals surface area contributed by atoms with Crippen molar-refractivity contribution in [3.05, 3.63) is 35.4 Å². The van der Waals surface area contributed by atoms with Gasteiger partial charge in [-0.15, -0.1) is 0 Å². The van der Waals surface area contributed by atoms with Crippen LogP contribution in [0.2, 0.25) is 0 Å². The van der Waals surface area contributed by atoms with Crippen molar-refractivity contribution < 1.29 is 13.2 Å². The van der Waals surface area contributed by atoms with E-state index in [2.05, 4.69) is 10.3 Å². The predicted molar refractivity (Wildman–Crippen MR) is 79.3 cm³/mol. The highest BCUT2D eigenvalue weighted by atomic mass is 32.2. The second-order valence-corrected chi connectivity index (χ2v) is 6.54. The van der Waals surface area contributed by atoms with E-state index in [0.29, 0.717) is 12.0 Å². The van der Waals surface area contributed by atoms with Crippen LogP contribution in [-0.2, 0) is 12.7 Å². The van der Waals surface area contributed by atoms with Gasteiger partial charge in [-0.2, -0.15) is 13.2 Å². The van der Waals surface area contributed by atoms with Crippen LogP contribution in [0.1, 0.15) is 30.4 Å². The van der Waals surface area contributed by atoms with E-state index in [1.54, 1.807) is 17.8 Å². The Morgan fingerprint density at radius 3 is 2.86 bits per heavy atom. The molecule has 21 heavy (non-hydrogen) atoms. The van der Waals surface area contributed by atoms with Crippen LogP contribution in [0.4, 0.5) is 13.2 Å². The van der Waals surface area contributed by atoms with Crippen molar-refractivity contribution in [1.82, 2.24) is 5.32 Å². The van der Waals surface area contributed by atoms with Gasteiger partial charge in [-0.1, -0.05) is 36.4 Å². The van der Waals surface area contributed by atoms with Crippen LogP contribution in [0, 0.1) is 5.92 Å². The van der Waals surface area contributed by atoms with E-state index in [0.717, 1.165) is 23.4 Å². The molecule has 2 unspecified atom stereocenters. The summed E-state index contributed by atoms with van der Waals surface area (Å²) in [5, 5.41) is 4.16. The molecule has 0 amide bonds. The monoisotopic (exact) mass is 314 g/mol. The van der Waals surface area contributed by atoms with Crippen LogP contribution in [0.5, 0.6) is 0 Å². The highest BCUT2D eigenvalue weighted by Gasteiger charge is 2.34. The lowest BCUT2D eigenvalue weighted by atomic mass is 10.1. The van der Waals surface area contributed by atoms with E-state index < -0.39 is 11.7 Å². The smallest absolute Gasteiger partial charge is 0.362 e. The van der Waals surface area contributed by atoms with Gasteiger partial charge in [0.15, 0.2) is 5.17 Å². The van der Waals surface area contributed by atoms with Crippen molar-refractivity contribution in [2.75, 3.05) is 5.75 Å². The molecule has 1 heterocycles. The zero-order chi connectivity index (χ0) is 14.9. The second kappa shape index (κ2) is 5.91. The Kier molecular flexibility index (Phi) is 4.15. The lowest BCUT2D eigenvalue weighted by Gasteiger charge is -2.28. The van der Waals surface area contributed by atoms with Crippen molar-refractivity contribution in [3.63, 3.8) is 0 Å². The van der Waals surface area contributed by atoms with Crippen LogP contribution in [0.15, 0.2) is 29.3 Å². The minimum atomic E-state index is -4.32. The van der Waals surface area contributed by atoms with Gasteiger partial charge in [0.1, 0.15) is 0 Å². The van der Waals surface area contributed by atoms with Gasteiger partial charge < -0.3 is 5.32 Å². The van der Waals surface area contributed by atoms with Crippen molar-refractivity contribution in [3.8, 4) is 0 Å². The van der Waals surface area contributed by atoms with E-state index in [4.69, 9.17) is 0 Å². The fourth-order valence-electron chi connectivity index (χ4n) is 3.00. The molecule has 3 rings (SSSR count). The molecule has 1 aromatic carbocycles. The molecule has 0 bridgehead atoms. The average molecular weight is 314 g/mol. The van der Waals surface area contributed by atoms with Gasteiger partial charge in [0, 0.05) is 11.8 Å². The second-order valence-electron chi connectivity index (χ2n) is 5.53. The summed E-state index contributed by atoms with van der Waals surface area (Å²) in [6, 6.07) is 6.11. The van der Waals surface area contributed by atoms with Gasteiger partial charge in [-0.05, 0) is 30.4 Å². The summed E-state index contributed by atoms with van der Waals surface area (Å²) in [4.78, 5) is 4.36. The third-order valence-electron chi connectivity index (χ3n) is 4.12. The summed E-state index contributed by atoms with van der Waals surface area (Å²) in [5.41, 5.74) is -0.359. The van der Waals surface area contributed by atoms with E-state index in [1.165, 1.54) is 25.0 Å². The summed E-state index contributed by atoms with van der Waals surface area (Å²) in [6.07, 6.45) is -0.703. The summed E-state index contributed by atoms with van der Waals surface area (Å²) in [6.45, 7) is 0.0718. The third-order valence-corrected chi connectivity index (χ3v) is 5.23. The molecule has 0 aromatic heterocycles. The number of nitrogens with one attached hydrogen (secondary N) is 1. The molecule has 114 valence electrons. The first-order valence-corrected chi connectivity index (χ1v) is 8.11. The predicted octanol–water partition coefficient (Wildman–Crippen LogP) is 4.07. The number of hydrogen-bond donors (Lipinski definition) is 1. The van der Waals surface area contributed by atoms with Crippen molar-refractivity contribution in [2.24, 2.45) is 10.9 Å². The Bertz CT molecular complexity index is 542. The molecule has 1 saturated heterocycles. The lowest BCUT2D eigenvalue weighted by Crippen LogP contribution is -2.41. The van der Waals surface area contributed by atoms with Crippen LogP contribution < -0.4 is 5.32 Å². The largest absolute Gasteiger partial charge is 0.416 e. The molecule has 0 radical (unpaired) electrons. The number of thioether (sulfide) groups is 1. The van der Waals surface area contributed by atoms with Gasteiger partial charge in [-0.25, -0.2) is 0 Å². The number of amidine groups is 1. The zero-order valence-corrected chi connectivity index (χ0v) is 12.3. The molecular formula is C15H17F3N2S. The Hall–Kier alpha value is -1.17. The number of halogens is 3. The molecule has 2 aliphatic rings. The number of aliphatic imine (C=N–C) groups is 1. The molecule has 1 saturated carbocycles. The van der Waals surface area contributed by atoms with Gasteiger partial charge in [0.2, 0.25) is 0 Å². The Morgan fingerprint density at radius 2 is 2.05 bits per heavy atom. The number of rotatable bonds is 2. The van der Waals surface area contributed by atoms with Crippen LogP contribution in [0.25, 0.3) is 0 Å². The molecule has 2 nitrogen and oxygen atoms in total. The van der Waals surface area contributed by atoms with Crippen molar-refractivity contribution in [2.45, 2.75) is 38.0 Å². The number of nitrogens with zero attached hydrogens (tertiary/aromatic N) is 1. The van der Waals surface area contributed by atoms with Gasteiger partial charge >= 0.3 is 6.18 Å². The summed E-state index contributed by atoms with van der Waals surface area (Å²) in [7, 11) is 0. The maximum Gasteiger partial charge on any atom is 0.416 e. The molecule has 1 N–H and O–H groups in total. The van der Waals surface area contributed by atoms with Gasteiger partial charge in [0.25, 0.3) is 0 Å². The Morgan fingerprint density at radius 1 is 1.24 bits per heavy atom. The maximum atomic E-state index is 12.9. The minimum absolute atomic E-state index is 0.0718. The average Bonchev–Trinajstić information content (AvgIpc) is 2.92. The number of benzene rings is 1. The third kappa shape index (κ3) is 3.36. The standard InChI is InChI=1S/C15H17F3N2S/c16-15(17,18)12-6-2-1-4-10(12)8-19-14-20-13-7-3-5-11(13)9-21-14/h1-2,4,6,11,13H,3,5,7-9H2,(H,19,20). The first-order valence-electron chi connectivity index (χ1n) is 7.13. The minimum Gasteiger partial charge on any atom is -0.362 e. The molecule has 0 spiro atoms. The SMILES string of the molecule is FC(F)(F)c1ccccc1CN=C1NC2CCCC2CS1. The fourth-order valence-corrected chi connectivity index (χ4v) is 4.16. The zero-order valence-electron chi connectivity index (χ0n) is 11.5. The summed E-state index contributed by atoms with van der Waals surface area (Å²) in [5.74, 6) is 1.72. The van der Waals surface area contributed by atoms with Crippen molar-refractivity contribution in [1.29, 1.82) is 0 Å². The van der Waals surface area contributed by atoms with Crippen LogP contribution >= 0.6 is 11.8 Å². The number of hydrogen-bond acceptors (Lipinski definition) is 2. The quantitative estimate of drug-likeness (QED) is 0.890. The Labute approximate surface area is 126 Å². The number of fused-ring (bicyclic) bond motifs is 1. The lowest BCUT2D eigenvalue weighted by molar-refractivity contribution is -0.138. The van der Waals surface area contributed by atoms with Gasteiger partial charge in [-0.3, -0.25) is 4.99 Å². The maximum absolute atomic E-state index is 12.9. The Balaban J connectivity index is 1.71. The normalized spacial score (nSPS) is 27.5. The van der Waals surface area contributed by atoms with E-state index >= 15 is 0 Å². The molecular weight excluding hydrogens is 297 g/mol. The molecule has 6 heteroatoms. The summed E-state index contributed by atoms with van der Waals surface area (Å²) >= 11 is 1.63. The molecule has 1 aliphatic carbocycles. The topological polar surface area (TPSA) is 24.4 Å². The van der Waals surface area contributed by atoms with E-state index in [-0.39, 0.29) is 12.1 Å². The number of alkyl halides is 3. The first-order chi connectivity index (χ1) is 10.0. The van der Waals surface area contributed by atoms with Crippen LogP contribution in [0.3, 0.4) is 0 Å². The fraction of sp³-hybridized carbons (Fsp3) is 0.533. The molecule has 1 aliphatic heterocycles. The molecule has 1 aromatic rings. The summed E-state index contributed by atoms with van der Waals surface area (Å²) < 4.78 is 38.8. The van der Waals surface area contributed by atoms with Crippen molar-refractivity contribution >= 4 is 16.9 Å². The van der Waals surface area contributed by atoms with E-state index in [1.807, 2.05) is 0 Å². The highest BCUT2D eigenvalue weighted by molar-refractivity contribution is 8.13. The van der Waals surface area contributed by atoms with E-state index in [9.17, 15) is 13.2 Å². The molecule has 2 fully saturated rings. The van der Waals surface area contributed by atoms with Gasteiger partial charge in [0.05, 0.1) is 12.1 Å².